The number of nitrogens with zero attached hydrogens (tertiary/aromatic N) is 1. The summed E-state index contributed by atoms with van der Waals surface area (Å²) >= 11 is 1.71. The van der Waals surface area contributed by atoms with Crippen molar-refractivity contribution in [2.24, 2.45) is 0 Å². The maximum atomic E-state index is 5.68. The van der Waals surface area contributed by atoms with E-state index in [0.717, 1.165) is 25.3 Å². The van der Waals surface area contributed by atoms with Crippen LogP contribution in [0.1, 0.15) is 24.4 Å². The molecule has 1 heterocycles. The monoisotopic (exact) mass is 276 g/mol. The van der Waals surface area contributed by atoms with Gasteiger partial charge in [-0.05, 0) is 31.5 Å². The van der Waals surface area contributed by atoms with Crippen LogP contribution in [0, 0.1) is 0 Å². The minimum absolute atomic E-state index is 0.216. The van der Waals surface area contributed by atoms with Gasteiger partial charge in [0.1, 0.15) is 5.75 Å². The molecule has 0 amide bonds. The number of ether oxygens (including phenoxy) is 1. The van der Waals surface area contributed by atoms with Gasteiger partial charge in [-0.1, -0.05) is 12.1 Å². The molecule has 0 atom stereocenters. The van der Waals surface area contributed by atoms with E-state index in [0.29, 0.717) is 0 Å². The van der Waals surface area contributed by atoms with Gasteiger partial charge in [-0.3, -0.25) is 0 Å². The maximum Gasteiger partial charge on any atom is 0.120 e. The van der Waals surface area contributed by atoms with Crippen molar-refractivity contribution in [1.29, 1.82) is 0 Å². The third kappa shape index (κ3) is 5.01. The number of rotatable bonds is 7. The van der Waals surface area contributed by atoms with Gasteiger partial charge in [0, 0.05) is 31.1 Å². The first-order valence-corrected chi connectivity index (χ1v) is 7.46. The van der Waals surface area contributed by atoms with Crippen molar-refractivity contribution in [3.05, 3.63) is 46.4 Å². The van der Waals surface area contributed by atoms with Gasteiger partial charge in [0.2, 0.25) is 0 Å². The quantitative estimate of drug-likeness (QED) is 0.788. The van der Waals surface area contributed by atoms with Crippen LogP contribution in [0.15, 0.2) is 35.8 Å². The third-order valence-corrected chi connectivity index (χ3v) is 3.44. The Balaban J connectivity index is 1.76. The van der Waals surface area contributed by atoms with Gasteiger partial charge in [-0.2, -0.15) is 0 Å². The van der Waals surface area contributed by atoms with Crippen molar-refractivity contribution in [2.45, 2.75) is 32.9 Å². The summed E-state index contributed by atoms with van der Waals surface area (Å²) in [7, 11) is 0. The number of aromatic nitrogens is 1. The van der Waals surface area contributed by atoms with E-state index in [1.807, 2.05) is 37.6 Å². The molecule has 1 N–H and O–H groups in total. The fourth-order valence-corrected chi connectivity index (χ4v) is 2.43. The molecule has 3 nitrogen and oxygen atoms in total. The number of thiazole rings is 1. The SMILES string of the molecule is CC(C)Oc1cccc(CNCCc2nccs2)c1. The van der Waals surface area contributed by atoms with E-state index in [-0.39, 0.29) is 6.10 Å². The molecule has 4 heteroatoms. The fraction of sp³-hybridized carbons (Fsp3) is 0.400. The molecule has 0 unspecified atom stereocenters. The second-order valence-electron chi connectivity index (χ2n) is 4.67. The minimum atomic E-state index is 0.216. The first-order valence-electron chi connectivity index (χ1n) is 6.59. The maximum absolute atomic E-state index is 5.68. The summed E-state index contributed by atoms with van der Waals surface area (Å²) in [6, 6.07) is 8.24. The molecule has 1 aromatic carbocycles. The summed E-state index contributed by atoms with van der Waals surface area (Å²) in [5.74, 6) is 0.939. The van der Waals surface area contributed by atoms with Gasteiger partial charge in [0.05, 0.1) is 11.1 Å². The van der Waals surface area contributed by atoms with Crippen LogP contribution in [0.4, 0.5) is 0 Å². The molecule has 0 aliphatic carbocycles. The largest absolute Gasteiger partial charge is 0.491 e. The summed E-state index contributed by atoms with van der Waals surface area (Å²) in [5.41, 5.74) is 1.25. The summed E-state index contributed by atoms with van der Waals surface area (Å²) in [6.45, 7) is 5.89. The highest BCUT2D eigenvalue weighted by molar-refractivity contribution is 7.09. The Kier molecular flexibility index (Phi) is 5.36. The molecule has 0 spiro atoms. The van der Waals surface area contributed by atoms with Gasteiger partial charge < -0.3 is 10.1 Å². The van der Waals surface area contributed by atoms with Gasteiger partial charge >= 0.3 is 0 Å². The van der Waals surface area contributed by atoms with Crippen molar-refractivity contribution in [3.8, 4) is 5.75 Å². The van der Waals surface area contributed by atoms with E-state index in [1.165, 1.54) is 10.6 Å². The molecular formula is C15H20N2OS. The topological polar surface area (TPSA) is 34.1 Å². The molecule has 0 saturated carbocycles. The van der Waals surface area contributed by atoms with E-state index >= 15 is 0 Å². The first-order chi connectivity index (χ1) is 9.24. The minimum Gasteiger partial charge on any atom is -0.491 e. The predicted molar refractivity (Wildman–Crippen MR) is 79.7 cm³/mol. The standard InChI is InChI=1S/C15H20N2OS/c1-12(2)18-14-5-3-4-13(10-14)11-16-7-6-15-17-8-9-19-15/h3-5,8-10,12,16H,6-7,11H2,1-2H3. The normalized spacial score (nSPS) is 10.9. The van der Waals surface area contributed by atoms with Crippen LogP contribution in [0.25, 0.3) is 0 Å². The lowest BCUT2D eigenvalue weighted by atomic mass is 10.2. The molecule has 0 radical (unpaired) electrons. The fourth-order valence-electron chi connectivity index (χ4n) is 1.81. The second-order valence-corrected chi connectivity index (χ2v) is 5.65. The highest BCUT2D eigenvalue weighted by Gasteiger charge is 2.00. The van der Waals surface area contributed by atoms with Gasteiger partial charge in [-0.25, -0.2) is 4.98 Å². The van der Waals surface area contributed by atoms with Crippen LogP contribution in [-0.2, 0) is 13.0 Å². The summed E-state index contributed by atoms with van der Waals surface area (Å²) in [4.78, 5) is 4.27. The molecule has 0 fully saturated rings. The summed E-state index contributed by atoms with van der Waals surface area (Å²) in [5, 5.41) is 6.63. The van der Waals surface area contributed by atoms with Crippen LogP contribution in [-0.4, -0.2) is 17.6 Å². The number of nitrogens with one attached hydrogen (secondary N) is 1. The van der Waals surface area contributed by atoms with Crippen molar-refractivity contribution >= 4 is 11.3 Å². The van der Waals surface area contributed by atoms with Gasteiger partial charge in [0.25, 0.3) is 0 Å². The Bertz CT molecular complexity index is 483. The second kappa shape index (κ2) is 7.26. The number of hydrogen-bond acceptors (Lipinski definition) is 4. The molecule has 19 heavy (non-hydrogen) atoms. The zero-order valence-electron chi connectivity index (χ0n) is 11.4. The van der Waals surface area contributed by atoms with Gasteiger partial charge in [0.15, 0.2) is 0 Å². The molecule has 1 aromatic heterocycles. The lowest BCUT2D eigenvalue weighted by Gasteiger charge is -2.11. The molecule has 2 aromatic rings. The summed E-state index contributed by atoms with van der Waals surface area (Å²) < 4.78 is 5.68. The zero-order valence-corrected chi connectivity index (χ0v) is 12.2. The number of benzene rings is 1. The average molecular weight is 276 g/mol. The first kappa shape index (κ1) is 14.0. The zero-order chi connectivity index (χ0) is 13.5. The third-order valence-electron chi connectivity index (χ3n) is 2.60. The van der Waals surface area contributed by atoms with E-state index in [4.69, 9.17) is 4.74 Å². The van der Waals surface area contributed by atoms with E-state index < -0.39 is 0 Å². The molecular weight excluding hydrogens is 256 g/mol. The average Bonchev–Trinajstić information content (AvgIpc) is 2.87. The molecule has 0 aliphatic rings. The van der Waals surface area contributed by atoms with Crippen molar-refractivity contribution in [1.82, 2.24) is 10.3 Å². The van der Waals surface area contributed by atoms with E-state index in [2.05, 4.69) is 22.4 Å². The van der Waals surface area contributed by atoms with Crippen molar-refractivity contribution in [2.75, 3.05) is 6.54 Å². The van der Waals surface area contributed by atoms with E-state index in [9.17, 15) is 0 Å². The Morgan fingerprint density at radius 1 is 1.37 bits per heavy atom. The molecule has 102 valence electrons. The Morgan fingerprint density at radius 3 is 3.00 bits per heavy atom. The molecule has 0 bridgehead atoms. The van der Waals surface area contributed by atoms with Crippen LogP contribution in [0.2, 0.25) is 0 Å². The lowest BCUT2D eigenvalue weighted by molar-refractivity contribution is 0.242. The van der Waals surface area contributed by atoms with Crippen LogP contribution in [0.5, 0.6) is 5.75 Å². The van der Waals surface area contributed by atoms with Gasteiger partial charge in [-0.15, -0.1) is 11.3 Å². The molecule has 0 aliphatic heterocycles. The highest BCUT2D eigenvalue weighted by Crippen LogP contribution is 2.14. The van der Waals surface area contributed by atoms with Crippen molar-refractivity contribution in [3.63, 3.8) is 0 Å². The van der Waals surface area contributed by atoms with E-state index in [1.54, 1.807) is 11.3 Å². The Morgan fingerprint density at radius 2 is 2.26 bits per heavy atom. The van der Waals surface area contributed by atoms with Crippen LogP contribution >= 0.6 is 11.3 Å². The predicted octanol–water partition coefficient (Wildman–Crippen LogP) is 3.26. The van der Waals surface area contributed by atoms with Crippen LogP contribution in [0.3, 0.4) is 0 Å². The molecule has 0 saturated heterocycles. The number of hydrogen-bond donors (Lipinski definition) is 1. The summed E-state index contributed by atoms with van der Waals surface area (Å²) in [6.07, 6.45) is 3.06. The van der Waals surface area contributed by atoms with Crippen molar-refractivity contribution < 1.29 is 4.74 Å². The lowest BCUT2D eigenvalue weighted by Crippen LogP contribution is -2.16. The smallest absolute Gasteiger partial charge is 0.120 e. The Labute approximate surface area is 118 Å². The van der Waals surface area contributed by atoms with Crippen LogP contribution < -0.4 is 10.1 Å². The molecule has 2 rings (SSSR count). The Hall–Kier alpha value is -1.39. The highest BCUT2D eigenvalue weighted by atomic mass is 32.1.